The molecule has 0 bridgehead atoms. The van der Waals surface area contributed by atoms with Crippen LogP contribution in [0.15, 0.2) is 24.3 Å². The number of anilines is 1. The fourth-order valence-electron chi connectivity index (χ4n) is 1.34. The molecule has 1 unspecified atom stereocenters. The topological polar surface area (TPSA) is 78.4 Å². The van der Waals surface area contributed by atoms with E-state index in [-0.39, 0.29) is 24.5 Å². The van der Waals surface area contributed by atoms with E-state index in [9.17, 15) is 9.59 Å². The number of carbonyl (C=O) groups excluding carboxylic acids is 2. The standard InChI is InChI=1S/C13H18N2O3/c1-3-12(17)15-11-6-4-5-10(7-11)13(18)14-9(2)8-16/h4-7,9,16H,3,8H2,1-2H3,(H,14,18)(H,15,17). The van der Waals surface area contributed by atoms with Gasteiger partial charge in [0.25, 0.3) is 5.91 Å². The number of aliphatic hydroxyl groups excluding tert-OH is 1. The van der Waals surface area contributed by atoms with Crippen molar-refractivity contribution in [1.29, 1.82) is 0 Å². The summed E-state index contributed by atoms with van der Waals surface area (Å²) in [5, 5.41) is 14.2. The van der Waals surface area contributed by atoms with Crippen LogP contribution in [0.2, 0.25) is 0 Å². The molecule has 0 aliphatic carbocycles. The van der Waals surface area contributed by atoms with E-state index in [1.807, 2.05) is 0 Å². The highest BCUT2D eigenvalue weighted by Crippen LogP contribution is 2.11. The number of hydrogen-bond acceptors (Lipinski definition) is 3. The quantitative estimate of drug-likeness (QED) is 0.733. The Balaban J connectivity index is 2.75. The molecule has 0 heterocycles. The molecule has 5 heteroatoms. The van der Waals surface area contributed by atoms with Gasteiger partial charge in [-0.1, -0.05) is 13.0 Å². The molecule has 18 heavy (non-hydrogen) atoms. The summed E-state index contributed by atoms with van der Waals surface area (Å²) in [4.78, 5) is 23.0. The van der Waals surface area contributed by atoms with Crippen LogP contribution >= 0.6 is 0 Å². The van der Waals surface area contributed by atoms with Gasteiger partial charge >= 0.3 is 0 Å². The van der Waals surface area contributed by atoms with E-state index in [0.717, 1.165) is 0 Å². The SMILES string of the molecule is CCC(=O)Nc1cccc(C(=O)NC(C)CO)c1. The van der Waals surface area contributed by atoms with Crippen molar-refractivity contribution in [3.8, 4) is 0 Å². The van der Waals surface area contributed by atoms with Crippen molar-refractivity contribution in [2.45, 2.75) is 26.3 Å². The Morgan fingerprint density at radius 2 is 2.11 bits per heavy atom. The van der Waals surface area contributed by atoms with E-state index in [1.165, 1.54) is 0 Å². The van der Waals surface area contributed by atoms with Gasteiger partial charge in [-0.2, -0.15) is 0 Å². The molecule has 0 spiro atoms. The Labute approximate surface area is 106 Å². The second-order valence-electron chi connectivity index (χ2n) is 4.04. The molecule has 0 aromatic heterocycles. The van der Waals surface area contributed by atoms with Crippen molar-refractivity contribution < 1.29 is 14.7 Å². The number of aliphatic hydroxyl groups is 1. The van der Waals surface area contributed by atoms with Crippen molar-refractivity contribution in [2.75, 3.05) is 11.9 Å². The lowest BCUT2D eigenvalue weighted by molar-refractivity contribution is -0.115. The summed E-state index contributed by atoms with van der Waals surface area (Å²) in [5.41, 5.74) is 1.04. The van der Waals surface area contributed by atoms with Gasteiger partial charge in [0.15, 0.2) is 0 Å². The zero-order chi connectivity index (χ0) is 13.5. The highest BCUT2D eigenvalue weighted by atomic mass is 16.3. The lowest BCUT2D eigenvalue weighted by atomic mass is 10.1. The van der Waals surface area contributed by atoms with Crippen LogP contribution in [0.4, 0.5) is 5.69 Å². The zero-order valence-corrected chi connectivity index (χ0v) is 10.6. The Hall–Kier alpha value is -1.88. The van der Waals surface area contributed by atoms with Crippen molar-refractivity contribution in [1.82, 2.24) is 5.32 Å². The fourth-order valence-corrected chi connectivity index (χ4v) is 1.34. The van der Waals surface area contributed by atoms with E-state index in [2.05, 4.69) is 10.6 Å². The summed E-state index contributed by atoms with van der Waals surface area (Å²) < 4.78 is 0. The summed E-state index contributed by atoms with van der Waals surface area (Å²) in [6.07, 6.45) is 0.387. The van der Waals surface area contributed by atoms with Gasteiger partial charge in [0.2, 0.25) is 5.91 Å². The third-order valence-corrected chi connectivity index (χ3v) is 2.38. The minimum absolute atomic E-state index is 0.101. The summed E-state index contributed by atoms with van der Waals surface area (Å²) in [6.45, 7) is 3.35. The Morgan fingerprint density at radius 3 is 2.72 bits per heavy atom. The van der Waals surface area contributed by atoms with E-state index < -0.39 is 0 Å². The van der Waals surface area contributed by atoms with Crippen LogP contribution in [-0.4, -0.2) is 29.6 Å². The van der Waals surface area contributed by atoms with Crippen molar-refractivity contribution in [3.63, 3.8) is 0 Å². The van der Waals surface area contributed by atoms with Gasteiger partial charge in [-0.25, -0.2) is 0 Å². The average Bonchev–Trinajstić information content (AvgIpc) is 2.38. The highest BCUT2D eigenvalue weighted by Gasteiger charge is 2.09. The number of hydrogen-bond donors (Lipinski definition) is 3. The third-order valence-electron chi connectivity index (χ3n) is 2.38. The molecule has 0 aliphatic rings. The summed E-state index contributed by atoms with van der Waals surface area (Å²) >= 11 is 0. The maximum atomic E-state index is 11.8. The van der Waals surface area contributed by atoms with Crippen LogP contribution in [0, 0.1) is 0 Å². The number of rotatable bonds is 5. The van der Waals surface area contributed by atoms with Crippen LogP contribution in [0.1, 0.15) is 30.6 Å². The summed E-state index contributed by atoms with van der Waals surface area (Å²) in [6, 6.07) is 6.38. The van der Waals surface area contributed by atoms with Crippen LogP contribution in [0.5, 0.6) is 0 Å². The first-order valence-electron chi connectivity index (χ1n) is 5.88. The van der Waals surface area contributed by atoms with Crippen LogP contribution in [0.25, 0.3) is 0 Å². The molecule has 0 saturated heterocycles. The van der Waals surface area contributed by atoms with Gasteiger partial charge in [0.05, 0.1) is 6.61 Å². The zero-order valence-electron chi connectivity index (χ0n) is 10.6. The van der Waals surface area contributed by atoms with E-state index in [1.54, 1.807) is 38.1 Å². The van der Waals surface area contributed by atoms with E-state index >= 15 is 0 Å². The second kappa shape index (κ2) is 6.76. The van der Waals surface area contributed by atoms with Crippen molar-refractivity contribution in [3.05, 3.63) is 29.8 Å². The van der Waals surface area contributed by atoms with Crippen LogP contribution in [0.3, 0.4) is 0 Å². The molecular weight excluding hydrogens is 232 g/mol. The maximum Gasteiger partial charge on any atom is 0.251 e. The predicted molar refractivity (Wildman–Crippen MR) is 69.4 cm³/mol. The van der Waals surface area contributed by atoms with Crippen LogP contribution in [-0.2, 0) is 4.79 Å². The molecule has 0 saturated carbocycles. The average molecular weight is 250 g/mol. The number of amides is 2. The lowest BCUT2D eigenvalue weighted by Crippen LogP contribution is -2.35. The summed E-state index contributed by atoms with van der Waals surface area (Å²) in [7, 11) is 0. The Morgan fingerprint density at radius 1 is 1.39 bits per heavy atom. The normalized spacial score (nSPS) is 11.7. The molecule has 2 amide bonds. The highest BCUT2D eigenvalue weighted by molar-refractivity contribution is 5.97. The molecule has 0 fully saturated rings. The molecular formula is C13H18N2O3. The molecule has 1 rings (SSSR count). The first-order valence-corrected chi connectivity index (χ1v) is 5.88. The first kappa shape index (κ1) is 14.2. The molecule has 0 aliphatic heterocycles. The smallest absolute Gasteiger partial charge is 0.251 e. The third kappa shape index (κ3) is 4.18. The molecule has 1 aromatic carbocycles. The Kier molecular flexibility index (Phi) is 5.32. The predicted octanol–water partition coefficient (Wildman–Crippen LogP) is 1.15. The molecule has 3 N–H and O–H groups in total. The van der Waals surface area contributed by atoms with Gasteiger partial charge in [-0.15, -0.1) is 0 Å². The molecule has 98 valence electrons. The fraction of sp³-hybridized carbons (Fsp3) is 0.385. The molecule has 1 atom stereocenters. The minimum Gasteiger partial charge on any atom is -0.394 e. The monoisotopic (exact) mass is 250 g/mol. The maximum absolute atomic E-state index is 11.8. The minimum atomic E-state index is -0.300. The Bertz CT molecular complexity index is 432. The van der Waals surface area contributed by atoms with Crippen LogP contribution < -0.4 is 10.6 Å². The van der Waals surface area contributed by atoms with Crippen molar-refractivity contribution in [2.24, 2.45) is 0 Å². The van der Waals surface area contributed by atoms with Gasteiger partial charge < -0.3 is 15.7 Å². The lowest BCUT2D eigenvalue weighted by Gasteiger charge is -2.11. The van der Waals surface area contributed by atoms with Crippen molar-refractivity contribution >= 4 is 17.5 Å². The van der Waals surface area contributed by atoms with E-state index in [0.29, 0.717) is 17.7 Å². The van der Waals surface area contributed by atoms with Gasteiger partial charge in [0, 0.05) is 23.7 Å². The summed E-state index contributed by atoms with van der Waals surface area (Å²) in [5.74, 6) is -0.375. The number of carbonyl (C=O) groups is 2. The largest absolute Gasteiger partial charge is 0.394 e. The molecule has 1 aromatic rings. The van der Waals surface area contributed by atoms with Gasteiger partial charge in [-0.3, -0.25) is 9.59 Å². The van der Waals surface area contributed by atoms with E-state index in [4.69, 9.17) is 5.11 Å². The first-order chi connectivity index (χ1) is 8.56. The van der Waals surface area contributed by atoms with Gasteiger partial charge in [0.1, 0.15) is 0 Å². The number of benzene rings is 1. The molecule has 0 radical (unpaired) electrons. The second-order valence-corrected chi connectivity index (χ2v) is 4.04. The van der Waals surface area contributed by atoms with Gasteiger partial charge in [-0.05, 0) is 25.1 Å². The molecule has 5 nitrogen and oxygen atoms in total. The number of nitrogens with one attached hydrogen (secondary N) is 2.